The van der Waals surface area contributed by atoms with Crippen molar-refractivity contribution in [1.82, 2.24) is 0 Å². The molecule has 3 rings (SSSR count). The largest absolute Gasteiger partial charge is 0.497 e. The average molecular weight is 396 g/mol. The van der Waals surface area contributed by atoms with E-state index in [0.29, 0.717) is 34.1 Å². The van der Waals surface area contributed by atoms with E-state index in [1.807, 2.05) is 12.1 Å². The lowest BCUT2D eigenvalue weighted by molar-refractivity contribution is -0.0719. The predicted molar refractivity (Wildman–Crippen MR) is 101 cm³/mol. The standard InChI is InChI=1S/C21H20N2O6/c1-24-15-7-5-13(6-8-15)20-28-19(21(11-22,12-23)29-20)14-9-16(25-2)18(27-4)17(10-14)26-3/h5-10,19-20H,1-4H3/t19-,20-/m0/s1. The Morgan fingerprint density at radius 2 is 1.41 bits per heavy atom. The zero-order valence-corrected chi connectivity index (χ0v) is 16.5. The molecule has 1 aliphatic rings. The molecule has 0 spiro atoms. The van der Waals surface area contributed by atoms with Crippen molar-refractivity contribution >= 4 is 0 Å². The second-order valence-corrected chi connectivity index (χ2v) is 6.16. The zero-order valence-electron chi connectivity index (χ0n) is 16.5. The molecule has 8 heteroatoms. The summed E-state index contributed by atoms with van der Waals surface area (Å²) in [4.78, 5) is 0. The molecule has 0 radical (unpaired) electrons. The van der Waals surface area contributed by atoms with Crippen LogP contribution in [0.15, 0.2) is 36.4 Å². The van der Waals surface area contributed by atoms with Gasteiger partial charge in [0.05, 0.1) is 28.4 Å². The van der Waals surface area contributed by atoms with Crippen LogP contribution in [0.2, 0.25) is 0 Å². The van der Waals surface area contributed by atoms with Gasteiger partial charge in [-0.25, -0.2) is 0 Å². The van der Waals surface area contributed by atoms with Gasteiger partial charge in [0.2, 0.25) is 5.75 Å². The van der Waals surface area contributed by atoms with E-state index in [1.165, 1.54) is 21.3 Å². The molecule has 0 amide bonds. The maximum atomic E-state index is 9.76. The second-order valence-electron chi connectivity index (χ2n) is 6.16. The number of hydrogen-bond acceptors (Lipinski definition) is 8. The van der Waals surface area contributed by atoms with Crippen LogP contribution in [0.5, 0.6) is 23.0 Å². The van der Waals surface area contributed by atoms with Crippen molar-refractivity contribution in [3.8, 4) is 35.1 Å². The van der Waals surface area contributed by atoms with Crippen LogP contribution >= 0.6 is 0 Å². The third kappa shape index (κ3) is 3.52. The van der Waals surface area contributed by atoms with E-state index in [0.717, 1.165) is 0 Å². The van der Waals surface area contributed by atoms with Crippen LogP contribution in [0.25, 0.3) is 0 Å². The van der Waals surface area contributed by atoms with Crippen molar-refractivity contribution in [3.63, 3.8) is 0 Å². The smallest absolute Gasteiger partial charge is 0.274 e. The van der Waals surface area contributed by atoms with Crippen LogP contribution < -0.4 is 18.9 Å². The highest BCUT2D eigenvalue weighted by molar-refractivity contribution is 5.55. The molecule has 0 bridgehead atoms. The molecule has 1 heterocycles. The first kappa shape index (κ1) is 20.3. The van der Waals surface area contributed by atoms with E-state index in [9.17, 15) is 10.5 Å². The molecular formula is C21H20N2O6. The Labute approximate surface area is 168 Å². The number of benzene rings is 2. The normalized spacial score (nSPS) is 19.7. The summed E-state index contributed by atoms with van der Waals surface area (Å²) in [5.74, 6) is 1.81. The van der Waals surface area contributed by atoms with Crippen LogP contribution in [0.3, 0.4) is 0 Å². The first-order valence-electron chi connectivity index (χ1n) is 8.65. The number of nitrogens with zero attached hydrogens (tertiary/aromatic N) is 2. The van der Waals surface area contributed by atoms with Gasteiger partial charge in [0.15, 0.2) is 17.8 Å². The Morgan fingerprint density at radius 1 is 0.828 bits per heavy atom. The van der Waals surface area contributed by atoms with Gasteiger partial charge in [0.25, 0.3) is 5.60 Å². The minimum atomic E-state index is -1.85. The highest BCUT2D eigenvalue weighted by atomic mass is 16.7. The van der Waals surface area contributed by atoms with Crippen LogP contribution in [-0.2, 0) is 9.47 Å². The fourth-order valence-corrected chi connectivity index (χ4v) is 3.15. The van der Waals surface area contributed by atoms with Crippen molar-refractivity contribution in [3.05, 3.63) is 47.5 Å². The second kappa shape index (κ2) is 8.27. The highest BCUT2D eigenvalue weighted by Gasteiger charge is 2.53. The van der Waals surface area contributed by atoms with E-state index in [1.54, 1.807) is 43.5 Å². The highest BCUT2D eigenvalue weighted by Crippen LogP contribution is 2.49. The van der Waals surface area contributed by atoms with Crippen LogP contribution in [0, 0.1) is 22.7 Å². The maximum Gasteiger partial charge on any atom is 0.274 e. The molecule has 0 N–H and O–H groups in total. The summed E-state index contributed by atoms with van der Waals surface area (Å²) >= 11 is 0. The van der Waals surface area contributed by atoms with E-state index >= 15 is 0 Å². The minimum absolute atomic E-state index is 0.378. The first-order valence-corrected chi connectivity index (χ1v) is 8.65. The van der Waals surface area contributed by atoms with E-state index in [2.05, 4.69) is 0 Å². The van der Waals surface area contributed by atoms with Crippen LogP contribution in [0.1, 0.15) is 23.5 Å². The lowest BCUT2D eigenvalue weighted by Crippen LogP contribution is -2.30. The lowest BCUT2D eigenvalue weighted by Gasteiger charge is -2.20. The van der Waals surface area contributed by atoms with Crippen LogP contribution in [0.4, 0.5) is 0 Å². The van der Waals surface area contributed by atoms with Gasteiger partial charge in [-0.2, -0.15) is 10.5 Å². The SMILES string of the molecule is COc1ccc([C@H]2O[C@@H](c3cc(OC)c(OC)c(OC)c3)C(C#N)(C#N)O2)cc1. The zero-order chi connectivity index (χ0) is 21.0. The quantitative estimate of drug-likeness (QED) is 0.733. The molecule has 2 aromatic rings. The average Bonchev–Trinajstić information content (AvgIpc) is 3.18. The summed E-state index contributed by atoms with van der Waals surface area (Å²) in [5, 5.41) is 19.5. The molecule has 0 aromatic heterocycles. The van der Waals surface area contributed by atoms with Crippen molar-refractivity contribution < 1.29 is 28.4 Å². The van der Waals surface area contributed by atoms with Gasteiger partial charge in [0, 0.05) is 5.56 Å². The molecule has 1 saturated heterocycles. The summed E-state index contributed by atoms with van der Waals surface area (Å²) < 4.78 is 33.0. The third-order valence-electron chi connectivity index (χ3n) is 4.63. The molecule has 0 saturated carbocycles. The summed E-state index contributed by atoms with van der Waals surface area (Å²) in [6.07, 6.45) is -1.91. The van der Waals surface area contributed by atoms with E-state index in [4.69, 9.17) is 28.4 Å². The fraction of sp³-hybridized carbons (Fsp3) is 0.333. The number of rotatable bonds is 6. The monoisotopic (exact) mass is 396 g/mol. The van der Waals surface area contributed by atoms with Gasteiger partial charge >= 0.3 is 0 Å². The van der Waals surface area contributed by atoms with Gasteiger partial charge in [-0.1, -0.05) is 12.1 Å². The molecule has 8 nitrogen and oxygen atoms in total. The Balaban J connectivity index is 2.05. The Kier molecular flexibility index (Phi) is 5.79. The summed E-state index contributed by atoms with van der Waals surface area (Å²) in [5.41, 5.74) is -0.718. The molecular weight excluding hydrogens is 376 g/mol. The van der Waals surface area contributed by atoms with Crippen LogP contribution in [-0.4, -0.2) is 34.0 Å². The van der Waals surface area contributed by atoms with E-state index in [-0.39, 0.29) is 0 Å². The van der Waals surface area contributed by atoms with Crippen molar-refractivity contribution in [2.75, 3.05) is 28.4 Å². The molecule has 2 atom stereocenters. The number of nitriles is 2. The molecule has 0 unspecified atom stereocenters. The molecule has 2 aromatic carbocycles. The van der Waals surface area contributed by atoms with E-state index < -0.39 is 18.0 Å². The Morgan fingerprint density at radius 3 is 1.86 bits per heavy atom. The molecule has 29 heavy (non-hydrogen) atoms. The number of hydrogen-bond donors (Lipinski definition) is 0. The van der Waals surface area contributed by atoms with Crippen molar-refractivity contribution in [2.24, 2.45) is 0 Å². The maximum absolute atomic E-state index is 9.76. The molecule has 0 aliphatic carbocycles. The number of methoxy groups -OCH3 is 4. The lowest BCUT2D eigenvalue weighted by atomic mass is 9.93. The van der Waals surface area contributed by atoms with Gasteiger partial charge < -0.3 is 28.4 Å². The topological polar surface area (TPSA) is 103 Å². The summed E-state index contributed by atoms with van der Waals surface area (Å²) in [6, 6.07) is 14.2. The molecule has 1 aliphatic heterocycles. The van der Waals surface area contributed by atoms with Gasteiger partial charge in [-0.05, 0) is 29.8 Å². The van der Waals surface area contributed by atoms with Gasteiger partial charge in [-0.15, -0.1) is 0 Å². The van der Waals surface area contributed by atoms with Crippen molar-refractivity contribution in [1.29, 1.82) is 10.5 Å². The first-order chi connectivity index (χ1) is 14.0. The molecule has 150 valence electrons. The van der Waals surface area contributed by atoms with Gasteiger partial charge in [0.1, 0.15) is 24.0 Å². The minimum Gasteiger partial charge on any atom is -0.497 e. The van der Waals surface area contributed by atoms with Gasteiger partial charge in [-0.3, -0.25) is 0 Å². The fourth-order valence-electron chi connectivity index (χ4n) is 3.15. The third-order valence-corrected chi connectivity index (χ3v) is 4.63. The molecule has 1 fully saturated rings. The summed E-state index contributed by atoms with van der Waals surface area (Å²) in [7, 11) is 6.02. The Bertz CT molecular complexity index is 922. The summed E-state index contributed by atoms with van der Waals surface area (Å²) in [6.45, 7) is 0. The number of ether oxygens (including phenoxy) is 6. The Hall–Kier alpha value is -3.46. The van der Waals surface area contributed by atoms with Crippen molar-refractivity contribution in [2.45, 2.75) is 18.0 Å². The predicted octanol–water partition coefficient (Wildman–Crippen LogP) is 3.29.